The van der Waals surface area contributed by atoms with Crippen LogP contribution in [0.2, 0.25) is 5.02 Å². The Morgan fingerprint density at radius 1 is 1.43 bits per heavy atom. The molecule has 1 aromatic rings. The molecule has 1 heterocycles. The van der Waals surface area contributed by atoms with Crippen molar-refractivity contribution in [3.8, 4) is 0 Å². The first-order valence-corrected chi connectivity index (χ1v) is 6.54. The molecule has 0 saturated carbocycles. The minimum Gasteiger partial charge on any atom is -0.509 e. The van der Waals surface area contributed by atoms with Crippen molar-refractivity contribution in [2.75, 3.05) is 13.9 Å². The van der Waals surface area contributed by atoms with Crippen LogP contribution < -0.4 is 0 Å². The fourth-order valence-electron chi connectivity index (χ4n) is 2.15. The number of hydrogen-bond donors (Lipinski definition) is 1. The lowest BCUT2D eigenvalue weighted by atomic mass is 9.99. The number of hydroxylamine groups is 2. The fourth-order valence-corrected chi connectivity index (χ4v) is 2.40. The van der Waals surface area contributed by atoms with Gasteiger partial charge in [0.25, 0.3) is 5.91 Å². The number of carbonyl (C=O) groups excluding carboxylic acids is 1. The molecule has 0 unspecified atom stereocenters. The van der Waals surface area contributed by atoms with E-state index in [1.165, 1.54) is 25.3 Å². The predicted octanol–water partition coefficient (Wildman–Crippen LogP) is 2.90. The predicted molar refractivity (Wildman–Crippen MR) is 74.8 cm³/mol. The summed E-state index contributed by atoms with van der Waals surface area (Å²) in [5.41, 5.74) is -1.51. The van der Waals surface area contributed by atoms with Crippen molar-refractivity contribution in [2.45, 2.75) is 19.4 Å². The highest BCUT2D eigenvalue weighted by Gasteiger charge is 2.48. The molecule has 0 aliphatic carbocycles. The highest BCUT2D eigenvalue weighted by Crippen LogP contribution is 2.41. The molecule has 1 amide bonds. The molecule has 0 bridgehead atoms. The number of rotatable bonds is 4. The van der Waals surface area contributed by atoms with Crippen LogP contribution in [-0.4, -0.2) is 35.5 Å². The summed E-state index contributed by atoms with van der Waals surface area (Å²) in [5, 5.41) is 11.3. The number of benzene rings is 1. The van der Waals surface area contributed by atoms with Crippen LogP contribution in [0.15, 0.2) is 24.0 Å². The molecule has 21 heavy (non-hydrogen) atoms. The number of methoxy groups -OCH3 is 1. The lowest BCUT2D eigenvalue weighted by Crippen LogP contribution is -2.43. The van der Waals surface area contributed by atoms with Crippen LogP contribution >= 0.6 is 11.6 Å². The first-order valence-electron chi connectivity index (χ1n) is 6.17. The van der Waals surface area contributed by atoms with E-state index in [-0.39, 0.29) is 28.7 Å². The maximum Gasteiger partial charge on any atom is 0.282 e. The van der Waals surface area contributed by atoms with Crippen LogP contribution in [0, 0.1) is 5.82 Å². The van der Waals surface area contributed by atoms with E-state index >= 15 is 0 Å². The number of nitrogens with zero attached hydrogens (tertiary/aromatic N) is 1. The maximum atomic E-state index is 14.0. The molecule has 1 N–H and O–H groups in total. The molecule has 1 aliphatic rings. The monoisotopic (exact) mass is 315 g/mol. The van der Waals surface area contributed by atoms with E-state index in [1.807, 2.05) is 0 Å². The Kier molecular flexibility index (Phi) is 4.22. The molecule has 114 valence electrons. The zero-order valence-electron chi connectivity index (χ0n) is 11.8. The Bertz CT molecular complexity index is 595. The standard InChI is InChI=1S/C14H15ClFNO4/c1-14(2)12(18)11(13(19)17(14)21-7-20-3)10-8(15)5-4-6-9(10)16/h4-6,18H,7H2,1-3H3. The van der Waals surface area contributed by atoms with E-state index in [2.05, 4.69) is 0 Å². The molecule has 0 aromatic heterocycles. The third-order valence-corrected chi connectivity index (χ3v) is 3.55. The van der Waals surface area contributed by atoms with E-state index in [1.54, 1.807) is 13.8 Å². The van der Waals surface area contributed by atoms with Gasteiger partial charge in [-0.2, -0.15) is 0 Å². The van der Waals surface area contributed by atoms with Gasteiger partial charge in [-0.25, -0.2) is 14.3 Å². The number of halogens is 2. The van der Waals surface area contributed by atoms with Gasteiger partial charge >= 0.3 is 0 Å². The summed E-state index contributed by atoms with van der Waals surface area (Å²) in [4.78, 5) is 17.6. The Balaban J connectivity index is 2.54. The van der Waals surface area contributed by atoms with Gasteiger partial charge in [0.05, 0.1) is 10.6 Å². The van der Waals surface area contributed by atoms with Gasteiger partial charge in [0, 0.05) is 12.7 Å². The Hall–Kier alpha value is -1.63. The molecule has 0 saturated heterocycles. The molecule has 1 aromatic carbocycles. The van der Waals surface area contributed by atoms with E-state index in [9.17, 15) is 14.3 Å². The van der Waals surface area contributed by atoms with Crippen LogP contribution in [0.3, 0.4) is 0 Å². The number of ether oxygens (including phenoxy) is 1. The minimum absolute atomic E-state index is 0.0364. The molecule has 0 atom stereocenters. The SMILES string of the molecule is COCON1C(=O)C(c2c(F)cccc2Cl)=C(O)C1(C)C. The number of hydrogen-bond acceptors (Lipinski definition) is 4. The van der Waals surface area contributed by atoms with Crippen LogP contribution in [-0.2, 0) is 14.4 Å². The van der Waals surface area contributed by atoms with Gasteiger partial charge in [0.15, 0.2) is 6.79 Å². The van der Waals surface area contributed by atoms with E-state index in [4.69, 9.17) is 21.2 Å². The number of aliphatic hydroxyl groups excluding tert-OH is 1. The van der Waals surface area contributed by atoms with Gasteiger partial charge in [0.1, 0.15) is 17.1 Å². The van der Waals surface area contributed by atoms with E-state index < -0.39 is 17.3 Å². The Morgan fingerprint density at radius 2 is 2.10 bits per heavy atom. The third-order valence-electron chi connectivity index (χ3n) is 3.23. The first kappa shape index (κ1) is 15.8. The summed E-state index contributed by atoms with van der Waals surface area (Å²) in [6.45, 7) is 2.95. The fraction of sp³-hybridized carbons (Fsp3) is 0.357. The van der Waals surface area contributed by atoms with Crippen molar-refractivity contribution in [1.29, 1.82) is 0 Å². The molecule has 0 spiro atoms. The quantitative estimate of drug-likeness (QED) is 0.868. The Labute approximate surface area is 126 Å². The number of aliphatic hydroxyl groups is 1. The summed E-state index contributed by atoms with van der Waals surface area (Å²) in [6, 6.07) is 4.03. The van der Waals surface area contributed by atoms with Gasteiger partial charge in [-0.05, 0) is 26.0 Å². The Morgan fingerprint density at radius 3 is 2.67 bits per heavy atom. The lowest BCUT2D eigenvalue weighted by molar-refractivity contribution is -0.238. The van der Waals surface area contributed by atoms with Crippen molar-refractivity contribution in [3.63, 3.8) is 0 Å². The highest BCUT2D eigenvalue weighted by atomic mass is 35.5. The second-order valence-corrected chi connectivity index (χ2v) is 5.42. The van der Waals surface area contributed by atoms with Crippen molar-refractivity contribution in [2.24, 2.45) is 0 Å². The summed E-state index contributed by atoms with van der Waals surface area (Å²) < 4.78 is 18.8. The molecule has 2 rings (SSSR count). The highest BCUT2D eigenvalue weighted by molar-refractivity contribution is 6.35. The molecular weight excluding hydrogens is 301 g/mol. The molecular formula is C14H15ClFNO4. The first-order chi connectivity index (χ1) is 9.82. The smallest absolute Gasteiger partial charge is 0.282 e. The zero-order valence-corrected chi connectivity index (χ0v) is 12.6. The van der Waals surface area contributed by atoms with Gasteiger partial charge in [0.2, 0.25) is 0 Å². The molecule has 7 heteroatoms. The van der Waals surface area contributed by atoms with Crippen LogP contribution in [0.1, 0.15) is 19.4 Å². The van der Waals surface area contributed by atoms with Crippen LogP contribution in [0.5, 0.6) is 0 Å². The molecule has 0 radical (unpaired) electrons. The largest absolute Gasteiger partial charge is 0.509 e. The van der Waals surface area contributed by atoms with E-state index in [0.717, 1.165) is 5.06 Å². The van der Waals surface area contributed by atoms with Gasteiger partial charge in [-0.15, -0.1) is 0 Å². The van der Waals surface area contributed by atoms with Gasteiger partial charge < -0.3 is 9.84 Å². The lowest BCUT2D eigenvalue weighted by Gasteiger charge is -2.30. The third kappa shape index (κ3) is 2.50. The molecule has 5 nitrogen and oxygen atoms in total. The number of carbonyl (C=O) groups is 1. The van der Waals surface area contributed by atoms with Crippen molar-refractivity contribution >= 4 is 23.1 Å². The minimum atomic E-state index is -1.16. The summed E-state index contributed by atoms with van der Waals surface area (Å²) in [5.74, 6) is -1.68. The maximum absolute atomic E-state index is 14.0. The molecule has 0 fully saturated rings. The molecule has 1 aliphatic heterocycles. The van der Waals surface area contributed by atoms with Gasteiger partial charge in [-0.3, -0.25) is 4.79 Å². The average molecular weight is 316 g/mol. The summed E-state index contributed by atoms with van der Waals surface area (Å²) in [6.07, 6.45) is 0. The van der Waals surface area contributed by atoms with Gasteiger partial charge in [-0.1, -0.05) is 17.7 Å². The average Bonchev–Trinajstić information content (AvgIpc) is 2.57. The second kappa shape index (κ2) is 5.63. The normalized spacial score (nSPS) is 17.8. The topological polar surface area (TPSA) is 59.0 Å². The number of amides is 1. The van der Waals surface area contributed by atoms with Crippen LogP contribution in [0.4, 0.5) is 4.39 Å². The van der Waals surface area contributed by atoms with Crippen molar-refractivity contribution < 1.29 is 23.9 Å². The summed E-state index contributed by atoms with van der Waals surface area (Å²) >= 11 is 5.96. The zero-order chi connectivity index (χ0) is 15.8. The van der Waals surface area contributed by atoms with Crippen LogP contribution in [0.25, 0.3) is 5.57 Å². The van der Waals surface area contributed by atoms with Crippen molar-refractivity contribution in [1.82, 2.24) is 5.06 Å². The van der Waals surface area contributed by atoms with E-state index in [0.29, 0.717) is 0 Å². The summed E-state index contributed by atoms with van der Waals surface area (Å²) in [7, 11) is 1.40. The second-order valence-electron chi connectivity index (χ2n) is 5.01. The van der Waals surface area contributed by atoms with Crippen molar-refractivity contribution in [3.05, 3.63) is 40.4 Å².